The summed E-state index contributed by atoms with van der Waals surface area (Å²) in [6.07, 6.45) is -0.914. The number of esters is 1. The van der Waals surface area contributed by atoms with E-state index in [-0.39, 0.29) is 36.1 Å². The summed E-state index contributed by atoms with van der Waals surface area (Å²) < 4.78 is 11.3. The molecule has 14 atom stereocenters. The van der Waals surface area contributed by atoms with Gasteiger partial charge in [0.15, 0.2) is 5.78 Å². The van der Waals surface area contributed by atoms with Crippen LogP contribution in [0.15, 0.2) is 11.6 Å². The van der Waals surface area contributed by atoms with Crippen LogP contribution in [0.1, 0.15) is 92.9 Å². The normalized spacial score (nSPS) is 54.1. The molecule has 0 aromatic rings. The summed E-state index contributed by atoms with van der Waals surface area (Å²) in [4.78, 5) is 27.6. The van der Waals surface area contributed by atoms with Crippen LogP contribution in [0.5, 0.6) is 0 Å². The number of Topliss-reactive ketones (excluding diaryl/α,β-unsaturated/α-hetero) is 1. The zero-order valence-corrected chi connectivity index (χ0v) is 27.7. The smallest absolute Gasteiger partial charge is 0.315 e. The van der Waals surface area contributed by atoms with Gasteiger partial charge in [0.1, 0.15) is 24.4 Å². The maximum Gasteiger partial charge on any atom is 0.315 e. The molecule has 6 N–H and O–H groups in total. The van der Waals surface area contributed by atoms with Gasteiger partial charge in [-0.15, -0.1) is 0 Å². The average Bonchev–Trinajstić information content (AvgIpc) is 2.96. The Hall–Kier alpha value is -1.40. The van der Waals surface area contributed by atoms with Gasteiger partial charge < -0.3 is 40.1 Å². The van der Waals surface area contributed by atoms with Crippen LogP contribution in [-0.2, 0) is 19.1 Å². The second-order valence-corrected chi connectivity index (χ2v) is 17.4. The van der Waals surface area contributed by atoms with Crippen molar-refractivity contribution in [3.8, 4) is 0 Å². The Labute approximate surface area is 266 Å². The molecule has 0 radical (unpaired) electrons. The Morgan fingerprint density at radius 2 is 1.60 bits per heavy atom. The molecule has 0 amide bonds. The average molecular weight is 635 g/mol. The molecule has 5 aliphatic carbocycles. The van der Waals surface area contributed by atoms with Crippen molar-refractivity contribution in [1.29, 1.82) is 0 Å². The molecule has 1 heterocycles. The summed E-state index contributed by atoms with van der Waals surface area (Å²) in [6, 6.07) is 0. The number of aliphatic hydroxyl groups is 6. The summed E-state index contributed by atoms with van der Waals surface area (Å²) in [5, 5.41) is 64.1. The maximum absolute atomic E-state index is 14.3. The Morgan fingerprint density at radius 1 is 0.933 bits per heavy atom. The van der Waals surface area contributed by atoms with E-state index in [2.05, 4.69) is 40.7 Å². The lowest BCUT2D eigenvalue weighted by atomic mass is 9.33. The van der Waals surface area contributed by atoms with E-state index in [0.29, 0.717) is 32.1 Å². The minimum absolute atomic E-state index is 0.00392. The number of fused-ring (bicyclic) bond motifs is 7. The highest BCUT2D eigenvalue weighted by atomic mass is 16.7. The van der Waals surface area contributed by atoms with Crippen LogP contribution < -0.4 is 0 Å². The van der Waals surface area contributed by atoms with Gasteiger partial charge in [0, 0.05) is 17.8 Å². The van der Waals surface area contributed by atoms with Crippen molar-refractivity contribution in [2.75, 3.05) is 13.2 Å². The van der Waals surface area contributed by atoms with Gasteiger partial charge in [-0.05, 0) is 78.4 Å². The molecular weight excluding hydrogens is 580 g/mol. The van der Waals surface area contributed by atoms with E-state index in [4.69, 9.17) is 9.47 Å². The molecule has 6 aliphatic rings. The van der Waals surface area contributed by atoms with E-state index in [0.717, 1.165) is 12.8 Å². The Morgan fingerprint density at radius 3 is 2.27 bits per heavy atom. The van der Waals surface area contributed by atoms with Gasteiger partial charge in [0.2, 0.25) is 6.29 Å². The Bertz CT molecular complexity index is 1260. The number of hydrogen-bond donors (Lipinski definition) is 6. The summed E-state index contributed by atoms with van der Waals surface area (Å²) in [5.41, 5.74) is -2.32. The molecule has 254 valence electrons. The van der Waals surface area contributed by atoms with Crippen LogP contribution in [0.3, 0.4) is 0 Å². The first kappa shape index (κ1) is 33.5. The van der Waals surface area contributed by atoms with Crippen molar-refractivity contribution in [1.82, 2.24) is 0 Å². The van der Waals surface area contributed by atoms with Gasteiger partial charge in [-0.2, -0.15) is 0 Å². The standard InChI is InChI=1S/C35H54O10/c1-30(2)9-11-35(29(43)45-28-25(41)24(40)22(39)16-44-28)12-10-33(5)18(19(35)13-30)7-8-23-31(3)14-21(38)27(42)32(4,17-36)26(31)20(37)15-34(23,33)6/h7,19-20,22-28,36-37,39-42H,8-17H2,1-6H3/t19-,20+,22?,23+,24?,25+,26?,27-,28?,31+,32-,33+,34+,35-/m0/s1. The second-order valence-electron chi connectivity index (χ2n) is 17.4. The van der Waals surface area contributed by atoms with Crippen LogP contribution in [-0.4, -0.2) is 92.4 Å². The lowest BCUT2D eigenvalue weighted by Gasteiger charge is -2.71. The number of rotatable bonds is 3. The van der Waals surface area contributed by atoms with Crippen molar-refractivity contribution >= 4 is 11.8 Å². The van der Waals surface area contributed by atoms with Crippen LogP contribution >= 0.6 is 0 Å². The maximum atomic E-state index is 14.3. The molecule has 10 heteroatoms. The van der Waals surface area contributed by atoms with Crippen LogP contribution in [0.2, 0.25) is 0 Å². The lowest BCUT2D eigenvalue weighted by Crippen LogP contribution is -2.71. The molecule has 4 unspecified atom stereocenters. The summed E-state index contributed by atoms with van der Waals surface area (Å²) >= 11 is 0. The predicted octanol–water partition coefficient (Wildman–Crippen LogP) is 2.25. The second kappa shape index (κ2) is 10.5. The fourth-order valence-electron chi connectivity index (χ4n) is 11.8. The quantitative estimate of drug-likeness (QED) is 0.200. The van der Waals surface area contributed by atoms with Gasteiger partial charge in [0.05, 0.1) is 24.7 Å². The van der Waals surface area contributed by atoms with E-state index in [1.54, 1.807) is 6.92 Å². The third-order valence-corrected chi connectivity index (χ3v) is 14.5. The van der Waals surface area contributed by atoms with Gasteiger partial charge in [-0.1, -0.05) is 53.2 Å². The van der Waals surface area contributed by atoms with Gasteiger partial charge in [-0.25, -0.2) is 0 Å². The fraction of sp³-hybridized carbons (Fsp3) is 0.886. The molecule has 1 aliphatic heterocycles. The molecule has 0 bridgehead atoms. The van der Waals surface area contributed by atoms with E-state index in [9.17, 15) is 40.2 Å². The van der Waals surface area contributed by atoms with Crippen molar-refractivity contribution in [3.63, 3.8) is 0 Å². The first-order chi connectivity index (χ1) is 20.8. The van der Waals surface area contributed by atoms with E-state index in [1.165, 1.54) is 5.57 Å². The van der Waals surface area contributed by atoms with Crippen molar-refractivity contribution < 1.29 is 49.7 Å². The topological polar surface area (TPSA) is 174 Å². The highest BCUT2D eigenvalue weighted by Crippen LogP contribution is 2.75. The third-order valence-electron chi connectivity index (χ3n) is 14.5. The highest BCUT2D eigenvalue weighted by molar-refractivity contribution is 5.86. The minimum atomic E-state index is -1.56. The van der Waals surface area contributed by atoms with Crippen LogP contribution in [0.4, 0.5) is 0 Å². The Balaban J connectivity index is 1.39. The summed E-state index contributed by atoms with van der Waals surface area (Å²) in [5.74, 6) is -1.34. The molecule has 10 nitrogen and oxygen atoms in total. The number of ketones is 1. The van der Waals surface area contributed by atoms with Gasteiger partial charge in [0.25, 0.3) is 0 Å². The zero-order chi connectivity index (χ0) is 33.1. The molecule has 0 aromatic heterocycles. The summed E-state index contributed by atoms with van der Waals surface area (Å²) in [6.45, 7) is 12.1. The molecule has 45 heavy (non-hydrogen) atoms. The third kappa shape index (κ3) is 4.45. The number of ether oxygens (including phenoxy) is 2. The van der Waals surface area contributed by atoms with Crippen LogP contribution in [0, 0.1) is 50.2 Å². The number of allylic oxidation sites excluding steroid dienone is 2. The molecule has 0 spiro atoms. The van der Waals surface area contributed by atoms with Crippen molar-refractivity contribution in [2.45, 2.75) is 130 Å². The highest BCUT2D eigenvalue weighted by Gasteiger charge is 2.72. The number of hydrogen-bond acceptors (Lipinski definition) is 10. The molecule has 0 aromatic carbocycles. The number of aliphatic hydroxyl groups excluding tert-OH is 6. The first-order valence-corrected chi connectivity index (χ1v) is 16.9. The van der Waals surface area contributed by atoms with Crippen LogP contribution in [0.25, 0.3) is 0 Å². The molecule has 1 saturated heterocycles. The van der Waals surface area contributed by atoms with Crippen molar-refractivity contribution in [2.24, 2.45) is 50.2 Å². The predicted molar refractivity (Wildman–Crippen MR) is 162 cm³/mol. The summed E-state index contributed by atoms with van der Waals surface area (Å²) in [7, 11) is 0. The van der Waals surface area contributed by atoms with E-state index < -0.39 is 82.4 Å². The molecule has 6 rings (SSSR count). The van der Waals surface area contributed by atoms with Gasteiger partial charge in [-0.3, -0.25) is 9.59 Å². The lowest BCUT2D eigenvalue weighted by molar-refractivity contribution is -0.271. The van der Waals surface area contributed by atoms with E-state index in [1.807, 2.05) is 0 Å². The molecule has 4 saturated carbocycles. The molecule has 5 fully saturated rings. The SMILES string of the molecule is CC1(C)CC[C@]2(C(=O)OC3OCC(O)C(O)[C@H]3O)CC[C@]3(C)C(=CC[C@@H]4[C@@]5(C)CC(=O)[C@H](O)[C@@](C)(CO)C5[C@H](O)C[C@]43C)[C@@H]2C1. The first-order valence-electron chi connectivity index (χ1n) is 16.9. The zero-order valence-electron chi connectivity index (χ0n) is 27.7. The molecular formula is C35H54O10. The van der Waals surface area contributed by atoms with Crippen molar-refractivity contribution in [3.05, 3.63) is 11.6 Å². The number of carbonyl (C=O) groups is 2. The minimum Gasteiger partial charge on any atom is -0.432 e. The number of carbonyl (C=O) groups excluding carboxylic acids is 2. The van der Waals surface area contributed by atoms with E-state index >= 15 is 0 Å². The largest absolute Gasteiger partial charge is 0.432 e. The fourth-order valence-corrected chi connectivity index (χ4v) is 11.8. The van der Waals surface area contributed by atoms with Gasteiger partial charge >= 0.3 is 5.97 Å². The Kier molecular flexibility index (Phi) is 7.85. The monoisotopic (exact) mass is 634 g/mol.